The SMILES string of the molecule is CCN(c1cc(F)cc(C(=O)O)c1C)C1CC(C)N(C)[C@H](C)C1. The van der Waals surface area contributed by atoms with Crippen molar-refractivity contribution >= 4 is 11.7 Å². The van der Waals surface area contributed by atoms with Crippen LogP contribution < -0.4 is 4.90 Å². The van der Waals surface area contributed by atoms with E-state index in [4.69, 9.17) is 0 Å². The highest BCUT2D eigenvalue weighted by Crippen LogP contribution is 2.32. The molecule has 1 saturated heterocycles. The lowest BCUT2D eigenvalue weighted by molar-refractivity contribution is 0.0695. The van der Waals surface area contributed by atoms with Gasteiger partial charge in [-0.3, -0.25) is 0 Å². The molecule has 1 fully saturated rings. The van der Waals surface area contributed by atoms with Gasteiger partial charge in [0, 0.05) is 30.4 Å². The lowest BCUT2D eigenvalue weighted by atomic mass is 9.91. The number of hydrogen-bond acceptors (Lipinski definition) is 3. The third-order valence-corrected chi connectivity index (χ3v) is 5.28. The Kier molecular flexibility index (Phi) is 5.30. The summed E-state index contributed by atoms with van der Waals surface area (Å²) in [6.07, 6.45) is 1.99. The van der Waals surface area contributed by atoms with Gasteiger partial charge in [-0.05, 0) is 65.3 Å². The fourth-order valence-corrected chi connectivity index (χ4v) is 3.72. The van der Waals surface area contributed by atoms with Crippen LogP contribution in [0.15, 0.2) is 12.1 Å². The van der Waals surface area contributed by atoms with Crippen molar-refractivity contribution in [1.82, 2.24) is 4.90 Å². The van der Waals surface area contributed by atoms with Crippen molar-refractivity contribution in [2.75, 3.05) is 18.5 Å². The zero-order chi connectivity index (χ0) is 17.3. The summed E-state index contributed by atoms with van der Waals surface area (Å²) in [5.41, 5.74) is 1.39. The van der Waals surface area contributed by atoms with Gasteiger partial charge in [0.2, 0.25) is 0 Å². The number of nitrogens with zero attached hydrogens (tertiary/aromatic N) is 2. The number of likely N-dealkylation sites (tertiary alicyclic amines) is 1. The summed E-state index contributed by atoms with van der Waals surface area (Å²) < 4.78 is 13.9. The van der Waals surface area contributed by atoms with E-state index in [0.717, 1.165) is 25.5 Å². The van der Waals surface area contributed by atoms with Gasteiger partial charge in [-0.1, -0.05) is 0 Å². The van der Waals surface area contributed by atoms with Gasteiger partial charge in [0.15, 0.2) is 0 Å². The van der Waals surface area contributed by atoms with Crippen LogP contribution in [0, 0.1) is 12.7 Å². The Morgan fingerprint density at radius 3 is 2.39 bits per heavy atom. The number of carbonyl (C=O) groups is 1. The van der Waals surface area contributed by atoms with Crippen LogP contribution in [0.4, 0.5) is 10.1 Å². The zero-order valence-corrected chi connectivity index (χ0v) is 14.6. The second-order valence-corrected chi connectivity index (χ2v) is 6.68. The highest BCUT2D eigenvalue weighted by atomic mass is 19.1. The molecule has 1 aromatic rings. The van der Waals surface area contributed by atoms with Crippen molar-refractivity contribution in [2.45, 2.75) is 58.7 Å². The van der Waals surface area contributed by atoms with E-state index < -0.39 is 11.8 Å². The molecule has 0 bridgehead atoms. The molecule has 0 aliphatic carbocycles. The minimum atomic E-state index is -1.08. The van der Waals surface area contributed by atoms with Crippen LogP contribution in [0.5, 0.6) is 0 Å². The van der Waals surface area contributed by atoms with Crippen LogP contribution >= 0.6 is 0 Å². The standard InChI is InChI=1S/C18H27FN2O2/c1-6-21(15-7-11(2)20(5)12(3)8-15)17-10-14(19)9-16(13(17)4)18(22)23/h9-12,15H,6-8H2,1-5H3,(H,22,23)/t11-,12?,15?/m1/s1. The van der Waals surface area contributed by atoms with Gasteiger partial charge in [0.1, 0.15) is 5.82 Å². The number of aromatic carboxylic acids is 1. The normalized spacial score (nSPS) is 25.4. The Hall–Kier alpha value is -1.62. The minimum absolute atomic E-state index is 0.0486. The summed E-state index contributed by atoms with van der Waals surface area (Å²) in [7, 11) is 2.14. The molecule has 1 heterocycles. The molecule has 0 amide bonds. The first-order valence-electron chi connectivity index (χ1n) is 8.28. The quantitative estimate of drug-likeness (QED) is 0.921. The van der Waals surface area contributed by atoms with Crippen LogP contribution in [0.25, 0.3) is 0 Å². The molecule has 5 heteroatoms. The number of benzene rings is 1. The topological polar surface area (TPSA) is 43.8 Å². The maximum Gasteiger partial charge on any atom is 0.336 e. The monoisotopic (exact) mass is 322 g/mol. The van der Waals surface area contributed by atoms with Gasteiger partial charge in [0.05, 0.1) is 5.56 Å². The molecule has 2 unspecified atom stereocenters. The summed E-state index contributed by atoms with van der Waals surface area (Å²) in [5, 5.41) is 9.31. The maximum atomic E-state index is 13.9. The molecule has 128 valence electrons. The fourth-order valence-electron chi connectivity index (χ4n) is 3.72. The summed E-state index contributed by atoms with van der Waals surface area (Å²) in [6.45, 7) is 8.95. The molecule has 1 aliphatic heterocycles. The van der Waals surface area contributed by atoms with E-state index in [1.807, 2.05) is 6.92 Å². The van der Waals surface area contributed by atoms with Crippen molar-refractivity contribution < 1.29 is 14.3 Å². The Morgan fingerprint density at radius 2 is 1.91 bits per heavy atom. The number of carboxylic acids is 1. The second kappa shape index (κ2) is 6.87. The molecule has 0 spiro atoms. The van der Waals surface area contributed by atoms with Gasteiger partial charge in [0.25, 0.3) is 0 Å². The number of piperidine rings is 1. The number of rotatable bonds is 4. The van der Waals surface area contributed by atoms with E-state index in [-0.39, 0.29) is 5.56 Å². The van der Waals surface area contributed by atoms with Crippen molar-refractivity contribution in [2.24, 2.45) is 0 Å². The summed E-state index contributed by atoms with van der Waals surface area (Å²) in [6, 6.07) is 3.77. The van der Waals surface area contributed by atoms with Gasteiger partial charge in [-0.15, -0.1) is 0 Å². The number of halogens is 1. The van der Waals surface area contributed by atoms with Crippen LogP contribution in [0.2, 0.25) is 0 Å². The molecule has 0 aromatic heterocycles. The average Bonchev–Trinajstić information content (AvgIpc) is 2.48. The van der Waals surface area contributed by atoms with Crippen LogP contribution in [-0.4, -0.2) is 47.7 Å². The number of hydrogen-bond donors (Lipinski definition) is 1. The molecular weight excluding hydrogens is 295 g/mol. The Bertz CT molecular complexity index is 579. The predicted octanol–water partition coefficient (Wildman–Crippen LogP) is 3.53. The highest BCUT2D eigenvalue weighted by molar-refractivity contribution is 5.91. The molecule has 1 aliphatic rings. The van der Waals surface area contributed by atoms with E-state index in [9.17, 15) is 14.3 Å². The lowest BCUT2D eigenvalue weighted by Gasteiger charge is -2.45. The lowest BCUT2D eigenvalue weighted by Crippen LogP contribution is -2.51. The average molecular weight is 322 g/mol. The first kappa shape index (κ1) is 17.7. The number of anilines is 1. The van der Waals surface area contributed by atoms with E-state index in [0.29, 0.717) is 29.4 Å². The van der Waals surface area contributed by atoms with Crippen molar-refractivity contribution in [3.8, 4) is 0 Å². The van der Waals surface area contributed by atoms with Crippen molar-refractivity contribution in [3.05, 3.63) is 29.1 Å². The molecule has 0 radical (unpaired) electrons. The summed E-state index contributed by atoms with van der Waals surface area (Å²) in [5.74, 6) is -1.57. The second-order valence-electron chi connectivity index (χ2n) is 6.68. The van der Waals surface area contributed by atoms with E-state index in [1.165, 1.54) is 6.07 Å². The van der Waals surface area contributed by atoms with Crippen LogP contribution in [0.3, 0.4) is 0 Å². The molecule has 3 atom stereocenters. The van der Waals surface area contributed by atoms with Crippen molar-refractivity contribution in [1.29, 1.82) is 0 Å². The molecule has 1 N–H and O–H groups in total. The first-order chi connectivity index (χ1) is 10.8. The van der Waals surface area contributed by atoms with Gasteiger partial charge in [-0.2, -0.15) is 0 Å². The summed E-state index contributed by atoms with van der Waals surface area (Å²) >= 11 is 0. The van der Waals surface area contributed by atoms with Gasteiger partial charge >= 0.3 is 5.97 Å². The zero-order valence-electron chi connectivity index (χ0n) is 14.6. The van der Waals surface area contributed by atoms with Gasteiger partial charge in [-0.25, -0.2) is 9.18 Å². The third-order valence-electron chi connectivity index (χ3n) is 5.28. The maximum absolute atomic E-state index is 13.9. The largest absolute Gasteiger partial charge is 0.478 e. The first-order valence-corrected chi connectivity index (χ1v) is 8.28. The Balaban J connectivity index is 2.40. The molecule has 1 aromatic carbocycles. The highest BCUT2D eigenvalue weighted by Gasteiger charge is 2.32. The van der Waals surface area contributed by atoms with E-state index >= 15 is 0 Å². The third kappa shape index (κ3) is 3.50. The smallest absolute Gasteiger partial charge is 0.336 e. The van der Waals surface area contributed by atoms with E-state index in [2.05, 4.69) is 30.7 Å². The van der Waals surface area contributed by atoms with Crippen LogP contribution in [0.1, 0.15) is 49.5 Å². The Morgan fingerprint density at radius 1 is 1.35 bits per heavy atom. The molecule has 0 saturated carbocycles. The molecule has 2 rings (SSSR count). The van der Waals surface area contributed by atoms with E-state index in [1.54, 1.807) is 6.92 Å². The Labute approximate surface area is 137 Å². The fraction of sp³-hybridized carbons (Fsp3) is 0.611. The summed E-state index contributed by atoms with van der Waals surface area (Å²) in [4.78, 5) is 15.9. The molecule has 23 heavy (non-hydrogen) atoms. The van der Waals surface area contributed by atoms with Crippen molar-refractivity contribution in [3.63, 3.8) is 0 Å². The number of carboxylic acid groups (broad SMARTS) is 1. The molecular formula is C18H27FN2O2. The molecule has 4 nitrogen and oxygen atoms in total. The predicted molar refractivity (Wildman–Crippen MR) is 90.8 cm³/mol. The van der Waals surface area contributed by atoms with Gasteiger partial charge < -0.3 is 14.9 Å². The van der Waals surface area contributed by atoms with Crippen LogP contribution in [-0.2, 0) is 0 Å². The minimum Gasteiger partial charge on any atom is -0.478 e.